The molecule has 1 saturated heterocycles. The number of carbonyl (C=O) groups excluding carboxylic acids is 1. The van der Waals surface area contributed by atoms with Gasteiger partial charge in [0, 0.05) is 16.5 Å². The minimum atomic E-state index is -3.48. The summed E-state index contributed by atoms with van der Waals surface area (Å²) in [4.78, 5) is 15.1. The Bertz CT molecular complexity index is 901. The summed E-state index contributed by atoms with van der Waals surface area (Å²) in [5.41, 5.74) is -0.759. The second kappa shape index (κ2) is 9.47. The predicted molar refractivity (Wildman–Crippen MR) is 126 cm³/mol. The van der Waals surface area contributed by atoms with Crippen molar-refractivity contribution in [3.8, 4) is 0 Å². The molecule has 3 rings (SSSR count). The molecule has 3 nitrogen and oxygen atoms in total. The fraction of sp³-hybridized carbons (Fsp3) is 0.333. The average Bonchev–Trinajstić information content (AvgIpc) is 2.79. The minimum Gasteiger partial charge on any atom is -0.378 e. The van der Waals surface area contributed by atoms with Crippen LogP contribution >= 0.6 is 20.7 Å². The highest BCUT2D eigenvalue weighted by molar-refractivity contribution is 14.2. The van der Waals surface area contributed by atoms with Gasteiger partial charge in [-0.05, 0) is 48.6 Å². The van der Waals surface area contributed by atoms with Crippen molar-refractivity contribution < 1.29 is 18.7 Å². The van der Waals surface area contributed by atoms with Crippen molar-refractivity contribution in [2.45, 2.75) is 36.8 Å². The van der Waals surface area contributed by atoms with E-state index >= 15 is 0 Å². The molecule has 2 aromatic carbocycles. The molecule has 1 heterocycles. The van der Waals surface area contributed by atoms with Gasteiger partial charge in [0.2, 0.25) is 0 Å². The molecule has 6 heteroatoms. The zero-order valence-corrected chi connectivity index (χ0v) is 18.9. The number of carbonyl (C=O) groups is 1. The molecule has 1 N–H and O–H groups in total. The summed E-state index contributed by atoms with van der Waals surface area (Å²) in [5.74, 6) is -3.61. The monoisotopic (exact) mass is 525 g/mol. The molecule has 2 unspecified atom stereocenters. The van der Waals surface area contributed by atoms with Crippen molar-refractivity contribution in [2.75, 3.05) is 11.0 Å². The Morgan fingerprint density at radius 2 is 1.83 bits per heavy atom. The molecule has 0 aromatic heterocycles. The lowest BCUT2D eigenvalue weighted by atomic mass is 9.88. The maximum absolute atomic E-state index is 14.4. The van der Waals surface area contributed by atoms with Crippen molar-refractivity contribution in [3.05, 3.63) is 83.9 Å². The zero-order chi connectivity index (χ0) is 21.8. The van der Waals surface area contributed by atoms with Gasteiger partial charge in [0.1, 0.15) is 0 Å². The van der Waals surface area contributed by atoms with Crippen molar-refractivity contribution in [3.63, 3.8) is 0 Å². The third kappa shape index (κ3) is 4.39. The number of likely N-dealkylation sites (tertiary alicyclic amines) is 1. The highest BCUT2D eigenvalue weighted by Gasteiger charge is 2.51. The summed E-state index contributed by atoms with van der Waals surface area (Å²) >= 11 is -0.847. The first-order valence-electron chi connectivity index (χ1n) is 9.87. The first kappa shape index (κ1) is 22.7. The van der Waals surface area contributed by atoms with Crippen LogP contribution in [0.4, 0.5) is 8.78 Å². The van der Waals surface area contributed by atoms with E-state index in [9.17, 15) is 18.7 Å². The number of aliphatic hydroxyl groups is 1. The Balaban J connectivity index is 1.88. The van der Waals surface area contributed by atoms with Crippen LogP contribution in [0.15, 0.2) is 67.3 Å². The second-order valence-electron chi connectivity index (χ2n) is 7.51. The molecule has 0 radical (unpaired) electrons. The van der Waals surface area contributed by atoms with Crippen molar-refractivity contribution >= 4 is 31.2 Å². The van der Waals surface area contributed by atoms with Crippen LogP contribution in [-0.2, 0) is 5.60 Å². The van der Waals surface area contributed by atoms with Gasteiger partial charge in [-0.2, -0.15) is 8.78 Å². The van der Waals surface area contributed by atoms with Gasteiger partial charge >= 0.3 is 0 Å². The van der Waals surface area contributed by atoms with E-state index in [1.807, 2.05) is 35.2 Å². The summed E-state index contributed by atoms with van der Waals surface area (Å²) < 4.78 is 32.4. The molecule has 0 saturated carbocycles. The fourth-order valence-corrected chi connectivity index (χ4v) is 5.64. The van der Waals surface area contributed by atoms with Crippen LogP contribution in [0.5, 0.6) is 0 Å². The predicted octanol–water partition coefficient (Wildman–Crippen LogP) is 5.47. The summed E-state index contributed by atoms with van der Waals surface area (Å²) in [7, 11) is 0. The molecule has 0 bridgehead atoms. The molecule has 2 atom stereocenters. The van der Waals surface area contributed by atoms with Gasteiger partial charge in [0.25, 0.3) is 11.8 Å². The van der Waals surface area contributed by atoms with Crippen LogP contribution < -0.4 is 0 Å². The molecular formula is C24H26F2INO2. The zero-order valence-electron chi connectivity index (χ0n) is 16.7. The Hall–Kier alpha value is -1.93. The highest BCUT2D eigenvalue weighted by atomic mass is 127. The van der Waals surface area contributed by atoms with Gasteiger partial charge in [-0.3, -0.25) is 4.79 Å². The lowest BCUT2D eigenvalue weighted by Gasteiger charge is -2.36. The number of hydrogen-bond acceptors (Lipinski definition) is 2. The van der Waals surface area contributed by atoms with Crippen LogP contribution in [0.2, 0.25) is 0 Å². The molecule has 0 aliphatic carbocycles. The second-order valence-corrected chi connectivity index (χ2v) is 9.35. The largest absolute Gasteiger partial charge is 0.378 e. The van der Waals surface area contributed by atoms with Gasteiger partial charge < -0.3 is 10.0 Å². The van der Waals surface area contributed by atoms with E-state index in [4.69, 9.17) is 0 Å². The van der Waals surface area contributed by atoms with Gasteiger partial charge in [-0.25, -0.2) is 0 Å². The SMILES string of the molecule is C=CC(F)(F)C(O)(CI=C)c1ccc(C(=O)N2CCCCC2c2ccccc2)cc1. The molecule has 1 aliphatic heterocycles. The number of benzene rings is 2. The van der Waals surface area contributed by atoms with E-state index in [0.717, 1.165) is 24.8 Å². The van der Waals surface area contributed by atoms with Gasteiger partial charge in [0.15, 0.2) is 5.60 Å². The Morgan fingerprint density at radius 3 is 2.43 bits per heavy atom. The van der Waals surface area contributed by atoms with E-state index in [-0.39, 0.29) is 21.9 Å². The number of hydrogen-bond donors (Lipinski definition) is 1. The number of nitrogens with zero attached hydrogens (tertiary/aromatic N) is 1. The van der Waals surface area contributed by atoms with E-state index < -0.39 is 32.3 Å². The summed E-state index contributed by atoms with van der Waals surface area (Å²) in [6, 6.07) is 15.8. The molecule has 30 heavy (non-hydrogen) atoms. The van der Waals surface area contributed by atoms with E-state index in [1.165, 1.54) is 24.3 Å². The fourth-order valence-electron chi connectivity index (χ4n) is 3.92. The summed E-state index contributed by atoms with van der Waals surface area (Å²) in [6.45, 7) is 3.83. The highest BCUT2D eigenvalue weighted by Crippen LogP contribution is 2.41. The maximum Gasteiger partial charge on any atom is 0.299 e. The van der Waals surface area contributed by atoms with Crippen molar-refractivity contribution in [1.82, 2.24) is 4.90 Å². The Labute approximate surface area is 186 Å². The van der Waals surface area contributed by atoms with Gasteiger partial charge in [-0.15, -0.1) is 20.7 Å². The van der Waals surface area contributed by atoms with Crippen LogP contribution in [0, 0.1) is 0 Å². The molecule has 2 aromatic rings. The van der Waals surface area contributed by atoms with Gasteiger partial charge in [0.05, 0.1) is 6.04 Å². The molecule has 1 fully saturated rings. The average molecular weight is 525 g/mol. The topological polar surface area (TPSA) is 40.5 Å². The lowest BCUT2D eigenvalue weighted by Crippen LogP contribution is -2.45. The lowest BCUT2D eigenvalue weighted by molar-refractivity contribution is -0.139. The maximum atomic E-state index is 14.4. The minimum absolute atomic E-state index is 0.00470. The summed E-state index contributed by atoms with van der Waals surface area (Å²) in [6.07, 6.45) is 3.36. The molecule has 1 aliphatic rings. The van der Waals surface area contributed by atoms with E-state index in [1.54, 1.807) is 0 Å². The van der Waals surface area contributed by atoms with Crippen LogP contribution in [0.1, 0.15) is 46.8 Å². The van der Waals surface area contributed by atoms with Crippen LogP contribution in [0.3, 0.4) is 0 Å². The number of halogens is 3. The van der Waals surface area contributed by atoms with E-state index in [2.05, 4.69) is 11.1 Å². The number of rotatable bonds is 7. The first-order chi connectivity index (χ1) is 14.3. The number of piperidine rings is 1. The number of alkyl halides is 3. The normalized spacial score (nSPS) is 19.2. The third-order valence-corrected chi connectivity index (χ3v) is 7.30. The Morgan fingerprint density at radius 1 is 1.17 bits per heavy atom. The van der Waals surface area contributed by atoms with Gasteiger partial charge in [-0.1, -0.05) is 53.6 Å². The molecule has 160 valence electrons. The number of amides is 1. The molecular weight excluding hydrogens is 499 g/mol. The Kier molecular flexibility index (Phi) is 7.18. The van der Waals surface area contributed by atoms with Crippen molar-refractivity contribution in [1.29, 1.82) is 0 Å². The molecule has 0 spiro atoms. The first-order valence-corrected chi connectivity index (χ1v) is 12.9. The smallest absolute Gasteiger partial charge is 0.299 e. The summed E-state index contributed by atoms with van der Waals surface area (Å²) in [5, 5.41) is 10.8. The van der Waals surface area contributed by atoms with E-state index in [0.29, 0.717) is 18.2 Å². The van der Waals surface area contributed by atoms with Crippen molar-refractivity contribution in [2.24, 2.45) is 0 Å². The quantitative estimate of drug-likeness (QED) is 0.296. The third-order valence-electron chi connectivity index (χ3n) is 5.65. The molecule has 1 amide bonds. The van der Waals surface area contributed by atoms with Crippen LogP contribution in [-0.4, -0.2) is 37.3 Å². The standard InChI is InChI=1S/C24H26F2INO2/c1-3-24(25,26)23(30,17-27-2)20-14-12-19(13-15-20)22(29)28-16-8-7-11-21(28)18-9-5-4-6-10-18/h3-6,9-10,12-15,21,30H,1-2,7-8,11,16-17H2. The van der Waals surface area contributed by atoms with Crippen LogP contribution in [0.25, 0.3) is 0 Å².